The van der Waals surface area contributed by atoms with E-state index in [0.29, 0.717) is 0 Å². The average molecular weight is 1010 g/mol. The van der Waals surface area contributed by atoms with Crippen molar-refractivity contribution >= 4 is 0 Å². The minimum absolute atomic E-state index is 1.08. The number of fused-ring (bicyclic) bond motifs is 5. The number of hydrogen-bond acceptors (Lipinski definition) is 0. The maximum absolute atomic E-state index is 1.71. The molecule has 74 heavy (non-hydrogen) atoms. The van der Waals surface area contributed by atoms with E-state index in [-0.39, 0.29) is 0 Å². The summed E-state index contributed by atoms with van der Waals surface area (Å²) in [5.74, 6) is 28.5. The molecule has 0 N–H and O–H groups in total. The van der Waals surface area contributed by atoms with Gasteiger partial charge < -0.3 is 0 Å². The molecule has 0 aromatic rings. The highest BCUT2D eigenvalue weighted by molar-refractivity contribution is 5.16. The third kappa shape index (κ3) is 10.3. The maximum Gasteiger partial charge on any atom is -0.0312 e. The van der Waals surface area contributed by atoms with Gasteiger partial charge in [-0.3, -0.25) is 0 Å². The molecule has 14 fully saturated rings. The summed E-state index contributed by atoms with van der Waals surface area (Å²) in [6.45, 7) is 0. The Kier molecular flexibility index (Phi) is 16.8. The van der Waals surface area contributed by atoms with Gasteiger partial charge in [0.05, 0.1) is 0 Å². The molecule has 0 saturated heterocycles. The number of rotatable bonds is 8. The summed E-state index contributed by atoms with van der Waals surface area (Å²) in [5, 5.41) is 0. The van der Waals surface area contributed by atoms with E-state index >= 15 is 0 Å². The SMILES string of the molecule is C1CCC(C2C(C3CCC4CCCCC4C3)C(C3CCC4CCCCC4C3)C(C3CCCCC3)C3C(C4CCCCC4)C(C4CCC5CCCCC5C4)C(C4CCC5CCCCC5C4)C(C4CCCCC4)C23)CC1. The summed E-state index contributed by atoms with van der Waals surface area (Å²) >= 11 is 0. The van der Waals surface area contributed by atoms with E-state index in [1.807, 2.05) is 0 Å². The van der Waals surface area contributed by atoms with Crippen molar-refractivity contribution in [1.29, 1.82) is 0 Å². The van der Waals surface area contributed by atoms with Crippen LogP contribution in [0.5, 0.6) is 0 Å². The molecule has 0 aromatic carbocycles. The molecule has 0 radical (unpaired) electrons. The quantitative estimate of drug-likeness (QED) is 0.227. The Bertz CT molecular complexity index is 1480. The zero-order valence-electron chi connectivity index (χ0n) is 49.0. The first-order chi connectivity index (χ1) is 36.7. The van der Waals surface area contributed by atoms with Crippen LogP contribution in [0.1, 0.15) is 308 Å². The van der Waals surface area contributed by atoms with Crippen molar-refractivity contribution in [3.63, 3.8) is 0 Å². The summed E-state index contributed by atoms with van der Waals surface area (Å²) in [6, 6.07) is 0. The van der Waals surface area contributed by atoms with Gasteiger partial charge in [-0.2, -0.15) is 0 Å². The molecular formula is C74H122. The predicted molar refractivity (Wildman–Crippen MR) is 312 cm³/mol. The molecule has 0 heteroatoms. The fourth-order valence-electron chi connectivity index (χ4n) is 27.7. The maximum atomic E-state index is 1.71. The highest BCUT2D eigenvalue weighted by Gasteiger charge is 2.68. The molecule has 0 aromatic heterocycles. The van der Waals surface area contributed by atoms with Crippen molar-refractivity contribution in [2.24, 2.45) is 154 Å². The van der Waals surface area contributed by atoms with Gasteiger partial charge in [-0.25, -0.2) is 0 Å². The van der Waals surface area contributed by atoms with Gasteiger partial charge in [0.15, 0.2) is 0 Å². The molecular weight excluding hydrogens is 889 g/mol. The fourth-order valence-corrected chi connectivity index (χ4v) is 27.7. The van der Waals surface area contributed by atoms with E-state index in [1.54, 1.807) is 308 Å². The van der Waals surface area contributed by atoms with Crippen molar-refractivity contribution < 1.29 is 0 Å². The number of hydrogen-bond donors (Lipinski definition) is 0. The monoisotopic (exact) mass is 1010 g/mol. The first-order valence-electron chi connectivity index (χ1n) is 36.7. The van der Waals surface area contributed by atoms with Crippen LogP contribution in [0.15, 0.2) is 0 Å². The van der Waals surface area contributed by atoms with Crippen molar-refractivity contribution in [1.82, 2.24) is 0 Å². The van der Waals surface area contributed by atoms with E-state index < -0.39 is 0 Å². The lowest BCUT2D eigenvalue weighted by atomic mass is 9.33. The van der Waals surface area contributed by atoms with Crippen LogP contribution in [0.2, 0.25) is 0 Å². The van der Waals surface area contributed by atoms with Gasteiger partial charge in [-0.15, -0.1) is 0 Å². The van der Waals surface area contributed by atoms with Crippen LogP contribution < -0.4 is 0 Å². The molecule has 14 saturated carbocycles. The van der Waals surface area contributed by atoms with Crippen molar-refractivity contribution in [2.75, 3.05) is 0 Å². The van der Waals surface area contributed by atoms with E-state index in [2.05, 4.69) is 0 Å². The summed E-state index contributed by atoms with van der Waals surface area (Å²) in [5.41, 5.74) is 0. The molecule has 14 aliphatic carbocycles. The zero-order chi connectivity index (χ0) is 49.0. The Balaban J connectivity index is 0.990. The van der Waals surface area contributed by atoms with E-state index in [4.69, 9.17) is 0 Å². The Hall–Kier alpha value is 0. The Morgan fingerprint density at radius 1 is 0.0946 bits per heavy atom. The molecule has 0 bridgehead atoms. The van der Waals surface area contributed by atoms with Crippen LogP contribution in [0.25, 0.3) is 0 Å². The second-order valence-electron chi connectivity index (χ2n) is 32.9. The summed E-state index contributed by atoms with van der Waals surface area (Å²) in [7, 11) is 0. The van der Waals surface area contributed by atoms with Crippen LogP contribution in [0, 0.1) is 154 Å². The van der Waals surface area contributed by atoms with E-state index in [1.165, 1.54) is 0 Å². The highest BCUT2D eigenvalue weighted by atomic mass is 14.7. The Labute approximate surface area is 459 Å². The second kappa shape index (κ2) is 23.8. The lowest BCUT2D eigenvalue weighted by Gasteiger charge is -2.71. The van der Waals surface area contributed by atoms with E-state index in [0.717, 1.165) is 154 Å². The van der Waals surface area contributed by atoms with Crippen LogP contribution >= 0.6 is 0 Å². The lowest BCUT2D eigenvalue weighted by molar-refractivity contribution is -0.238. The van der Waals surface area contributed by atoms with Crippen molar-refractivity contribution in [3.05, 3.63) is 0 Å². The van der Waals surface area contributed by atoms with Crippen molar-refractivity contribution in [3.8, 4) is 0 Å². The second-order valence-corrected chi connectivity index (χ2v) is 32.9. The summed E-state index contributed by atoms with van der Waals surface area (Å²) in [6.07, 6.45) is 78.2. The van der Waals surface area contributed by atoms with Gasteiger partial charge in [0, 0.05) is 0 Å². The van der Waals surface area contributed by atoms with Crippen LogP contribution in [-0.4, -0.2) is 0 Å². The van der Waals surface area contributed by atoms with Gasteiger partial charge in [-0.05, 0) is 231 Å². The molecule has 20 unspecified atom stereocenters. The standard InChI is InChI=1S/C74H122/c1-5-25-53(26-6-1)65-69(61-41-37-49-21-13-17-33-57(49)45-61)70(62-42-38-50-22-14-18-34-58(50)46-62)67(55-29-9-3-10-30-55)74-68(56-31-11-4-12-32-56)72(64-44-40-52-24-16-20-36-60(52)48-64)71(66(73(65)74)54-27-7-2-8-28-54)63-43-39-51-23-15-19-35-59(51)47-63/h49-74H,1-48H2. The zero-order valence-corrected chi connectivity index (χ0v) is 49.0. The molecule has 0 amide bonds. The molecule has 0 heterocycles. The van der Waals surface area contributed by atoms with Crippen LogP contribution in [0.4, 0.5) is 0 Å². The minimum Gasteiger partial charge on any atom is -0.0533 e. The summed E-state index contributed by atoms with van der Waals surface area (Å²) < 4.78 is 0. The molecule has 14 aliphatic rings. The van der Waals surface area contributed by atoms with Gasteiger partial charge in [0.1, 0.15) is 0 Å². The lowest BCUT2D eigenvalue weighted by Crippen LogP contribution is -2.66. The van der Waals surface area contributed by atoms with Crippen LogP contribution in [0.3, 0.4) is 0 Å². The molecule has 14 rings (SSSR count). The minimum atomic E-state index is 1.08. The van der Waals surface area contributed by atoms with Crippen LogP contribution in [-0.2, 0) is 0 Å². The topological polar surface area (TPSA) is 0 Å². The molecule has 0 aliphatic heterocycles. The predicted octanol–water partition coefficient (Wildman–Crippen LogP) is 21.9. The Morgan fingerprint density at radius 3 is 0.459 bits per heavy atom. The first-order valence-corrected chi connectivity index (χ1v) is 36.7. The van der Waals surface area contributed by atoms with Crippen molar-refractivity contribution in [2.45, 2.75) is 308 Å². The first kappa shape index (κ1) is 52.1. The largest absolute Gasteiger partial charge is 0.0533 e. The fraction of sp³-hybridized carbons (Fsp3) is 1.00. The molecule has 0 spiro atoms. The average Bonchev–Trinajstić information content (AvgIpc) is 3.50. The molecule has 20 atom stereocenters. The Morgan fingerprint density at radius 2 is 0.243 bits per heavy atom. The van der Waals surface area contributed by atoms with Gasteiger partial charge in [0.2, 0.25) is 0 Å². The summed E-state index contributed by atoms with van der Waals surface area (Å²) in [4.78, 5) is 0. The van der Waals surface area contributed by atoms with Gasteiger partial charge >= 0.3 is 0 Å². The normalized spacial score (nSPS) is 50.6. The van der Waals surface area contributed by atoms with Gasteiger partial charge in [-0.1, -0.05) is 231 Å². The molecule has 418 valence electrons. The smallest absolute Gasteiger partial charge is 0.0312 e. The van der Waals surface area contributed by atoms with E-state index in [9.17, 15) is 0 Å². The highest BCUT2D eigenvalue weighted by Crippen LogP contribution is 2.74. The third-order valence-electron chi connectivity index (χ3n) is 30.2. The molecule has 0 nitrogen and oxygen atoms in total. The van der Waals surface area contributed by atoms with Gasteiger partial charge in [0.25, 0.3) is 0 Å². The third-order valence-corrected chi connectivity index (χ3v) is 30.2.